The molecule has 0 bridgehead atoms. The molecule has 2 aromatic rings. The van der Waals surface area contributed by atoms with Crippen molar-refractivity contribution in [2.75, 3.05) is 39.4 Å². The minimum absolute atomic E-state index is 0.213. The summed E-state index contributed by atoms with van der Waals surface area (Å²) in [5, 5.41) is 0. The highest BCUT2D eigenvalue weighted by Crippen LogP contribution is 2.28. The number of imidazole rings is 1. The quantitative estimate of drug-likeness (QED) is 0.703. The number of carbonyl (C=O) groups excluding carboxylic acids is 1. The van der Waals surface area contributed by atoms with Crippen LogP contribution >= 0.6 is 0 Å². The summed E-state index contributed by atoms with van der Waals surface area (Å²) in [6.07, 6.45) is 7.17. The van der Waals surface area contributed by atoms with Crippen LogP contribution in [0.2, 0.25) is 0 Å². The second-order valence-corrected chi connectivity index (χ2v) is 9.35. The molecule has 0 atom stereocenters. The van der Waals surface area contributed by atoms with Gasteiger partial charge in [0.2, 0.25) is 5.91 Å². The Balaban J connectivity index is 1.48. The molecule has 0 unspecified atom stereocenters. The summed E-state index contributed by atoms with van der Waals surface area (Å²) in [6.45, 7) is 13.4. The molecule has 1 N–H and O–H groups in total. The molecule has 31 heavy (non-hydrogen) atoms. The molecule has 2 aliphatic rings. The maximum absolute atomic E-state index is 13.2. The summed E-state index contributed by atoms with van der Waals surface area (Å²) in [6, 6.07) is 4.49. The van der Waals surface area contributed by atoms with Crippen molar-refractivity contribution in [3.63, 3.8) is 0 Å². The first-order valence-corrected chi connectivity index (χ1v) is 11.8. The summed E-state index contributed by atoms with van der Waals surface area (Å²) < 4.78 is 7.70. The van der Waals surface area contributed by atoms with Crippen molar-refractivity contribution in [2.24, 2.45) is 5.92 Å². The zero-order valence-corrected chi connectivity index (χ0v) is 19.3. The van der Waals surface area contributed by atoms with Crippen molar-refractivity contribution in [1.82, 2.24) is 14.5 Å². The molecule has 1 aromatic carbocycles. The van der Waals surface area contributed by atoms with Crippen molar-refractivity contribution in [3.8, 4) is 0 Å². The molecule has 168 valence electrons. The Kier molecular flexibility index (Phi) is 7.08. The van der Waals surface area contributed by atoms with Crippen molar-refractivity contribution >= 4 is 5.91 Å². The fourth-order valence-corrected chi connectivity index (χ4v) is 4.82. The van der Waals surface area contributed by atoms with Crippen LogP contribution in [0, 0.1) is 26.7 Å². The molecule has 1 amide bonds. The van der Waals surface area contributed by atoms with E-state index in [0.717, 1.165) is 64.6 Å². The van der Waals surface area contributed by atoms with Gasteiger partial charge in [-0.3, -0.25) is 4.79 Å². The van der Waals surface area contributed by atoms with Crippen LogP contribution in [-0.4, -0.2) is 59.8 Å². The molecule has 0 radical (unpaired) electrons. The number of amides is 1. The van der Waals surface area contributed by atoms with Crippen LogP contribution in [0.25, 0.3) is 0 Å². The van der Waals surface area contributed by atoms with Crippen LogP contribution in [-0.2, 0) is 22.6 Å². The van der Waals surface area contributed by atoms with Crippen LogP contribution in [0.4, 0.5) is 0 Å². The Labute approximate surface area is 186 Å². The minimum atomic E-state index is 0.213. The third kappa shape index (κ3) is 5.36. The van der Waals surface area contributed by atoms with E-state index in [1.54, 1.807) is 0 Å². The van der Waals surface area contributed by atoms with Crippen LogP contribution in [0.1, 0.15) is 47.3 Å². The highest BCUT2D eigenvalue weighted by Gasteiger charge is 2.31. The highest BCUT2D eigenvalue weighted by atomic mass is 16.5. The maximum Gasteiger partial charge on any atom is 0.226 e. The van der Waals surface area contributed by atoms with E-state index in [1.165, 1.54) is 33.6 Å². The Morgan fingerprint density at radius 2 is 1.90 bits per heavy atom. The van der Waals surface area contributed by atoms with Gasteiger partial charge in [0.25, 0.3) is 0 Å². The lowest BCUT2D eigenvalue weighted by molar-refractivity contribution is -0.907. The van der Waals surface area contributed by atoms with E-state index >= 15 is 0 Å². The Hall–Kier alpha value is -2.18. The molecule has 4 rings (SSSR count). The van der Waals surface area contributed by atoms with Gasteiger partial charge in [0.05, 0.1) is 32.8 Å². The fraction of sp³-hybridized carbons (Fsp3) is 0.600. The molecule has 1 aliphatic heterocycles. The van der Waals surface area contributed by atoms with Gasteiger partial charge in [0.15, 0.2) is 0 Å². The summed E-state index contributed by atoms with van der Waals surface area (Å²) in [5.74, 6) is 1.50. The van der Waals surface area contributed by atoms with Crippen molar-refractivity contribution < 1.29 is 14.4 Å². The average molecular weight is 426 g/mol. The number of hydrogen-bond acceptors (Lipinski definition) is 3. The average Bonchev–Trinajstić information content (AvgIpc) is 3.14. The predicted octanol–water partition coefficient (Wildman–Crippen LogP) is 1.90. The number of nitrogens with zero attached hydrogens (tertiary/aromatic N) is 3. The largest absolute Gasteiger partial charge is 0.370 e. The summed E-state index contributed by atoms with van der Waals surface area (Å²) in [7, 11) is 0. The molecule has 1 saturated carbocycles. The first-order valence-electron chi connectivity index (χ1n) is 11.8. The number of aryl methyl sites for hydroxylation is 3. The van der Waals surface area contributed by atoms with Gasteiger partial charge in [0.1, 0.15) is 18.9 Å². The molecule has 1 saturated heterocycles. The first kappa shape index (κ1) is 22.0. The van der Waals surface area contributed by atoms with E-state index < -0.39 is 0 Å². The number of quaternary nitrogens is 1. The van der Waals surface area contributed by atoms with E-state index in [9.17, 15) is 4.79 Å². The third-order valence-electron chi connectivity index (χ3n) is 7.00. The SMILES string of the molecule is Cc1cc(C)c(Cn2ccnc2CN(CC[NH+]2CCOCC2)C(=O)C2CCC2)c(C)c1. The lowest BCUT2D eigenvalue weighted by Crippen LogP contribution is -3.14. The van der Waals surface area contributed by atoms with Gasteiger partial charge >= 0.3 is 0 Å². The lowest BCUT2D eigenvalue weighted by Gasteiger charge is -2.33. The molecule has 0 spiro atoms. The molecular formula is C25H37N4O2+. The zero-order chi connectivity index (χ0) is 21.8. The Bertz CT molecular complexity index is 874. The molecule has 2 fully saturated rings. The molecule has 6 nitrogen and oxygen atoms in total. The van der Waals surface area contributed by atoms with Gasteiger partial charge in [-0.1, -0.05) is 24.1 Å². The lowest BCUT2D eigenvalue weighted by atomic mass is 9.84. The van der Waals surface area contributed by atoms with Crippen LogP contribution < -0.4 is 4.90 Å². The van der Waals surface area contributed by atoms with Gasteiger partial charge in [-0.25, -0.2) is 4.98 Å². The first-order chi connectivity index (χ1) is 15.0. The van der Waals surface area contributed by atoms with Crippen LogP contribution in [0.5, 0.6) is 0 Å². The summed E-state index contributed by atoms with van der Waals surface area (Å²) in [4.78, 5) is 21.4. The number of morpholine rings is 1. The number of carbonyl (C=O) groups is 1. The van der Waals surface area contributed by atoms with Gasteiger partial charge in [-0.15, -0.1) is 0 Å². The van der Waals surface area contributed by atoms with Crippen LogP contribution in [0.3, 0.4) is 0 Å². The minimum Gasteiger partial charge on any atom is -0.370 e. The molecule has 6 heteroatoms. The fourth-order valence-electron chi connectivity index (χ4n) is 4.82. The number of benzene rings is 1. The standard InChI is InChI=1S/C25H36N4O2/c1-19-15-20(2)23(21(3)16-19)17-28-8-7-26-24(28)18-29(25(30)22-5-4-6-22)10-9-27-11-13-31-14-12-27/h7-8,15-16,22H,4-6,9-14,17-18H2,1-3H3/p+1. The maximum atomic E-state index is 13.2. The second-order valence-electron chi connectivity index (χ2n) is 9.35. The molecule has 1 aromatic heterocycles. The summed E-state index contributed by atoms with van der Waals surface area (Å²) in [5.41, 5.74) is 5.28. The second kappa shape index (κ2) is 9.96. The van der Waals surface area contributed by atoms with Crippen LogP contribution in [0.15, 0.2) is 24.5 Å². The highest BCUT2D eigenvalue weighted by molar-refractivity contribution is 5.79. The number of hydrogen-bond donors (Lipinski definition) is 1. The van der Waals surface area contributed by atoms with Crippen molar-refractivity contribution in [2.45, 2.75) is 53.1 Å². The number of aromatic nitrogens is 2. The third-order valence-corrected chi connectivity index (χ3v) is 7.00. The Morgan fingerprint density at radius 1 is 1.19 bits per heavy atom. The monoisotopic (exact) mass is 425 g/mol. The van der Waals surface area contributed by atoms with Gasteiger partial charge < -0.3 is 19.1 Å². The molecular weight excluding hydrogens is 388 g/mol. The van der Waals surface area contributed by atoms with Gasteiger partial charge in [-0.2, -0.15) is 0 Å². The van der Waals surface area contributed by atoms with E-state index in [0.29, 0.717) is 12.5 Å². The number of nitrogens with one attached hydrogen (secondary N) is 1. The topological polar surface area (TPSA) is 51.8 Å². The predicted molar refractivity (Wildman–Crippen MR) is 121 cm³/mol. The summed E-state index contributed by atoms with van der Waals surface area (Å²) >= 11 is 0. The van der Waals surface area contributed by atoms with Gasteiger partial charge in [0, 0.05) is 24.9 Å². The molecule has 1 aliphatic carbocycles. The zero-order valence-electron chi connectivity index (χ0n) is 19.3. The number of ether oxygens (including phenoxy) is 1. The smallest absolute Gasteiger partial charge is 0.226 e. The van der Waals surface area contributed by atoms with Crippen molar-refractivity contribution in [3.05, 3.63) is 52.6 Å². The molecule has 2 heterocycles. The Morgan fingerprint density at radius 3 is 2.55 bits per heavy atom. The van der Waals surface area contributed by atoms with E-state index in [2.05, 4.69) is 47.4 Å². The van der Waals surface area contributed by atoms with Crippen molar-refractivity contribution in [1.29, 1.82) is 0 Å². The van der Waals surface area contributed by atoms with E-state index in [4.69, 9.17) is 4.74 Å². The van der Waals surface area contributed by atoms with E-state index in [-0.39, 0.29) is 5.92 Å². The van der Waals surface area contributed by atoms with Gasteiger partial charge in [-0.05, 0) is 50.3 Å². The number of rotatable bonds is 8. The normalized spacial score (nSPS) is 17.5. The van der Waals surface area contributed by atoms with E-state index in [1.807, 2.05) is 12.4 Å².